The predicted molar refractivity (Wildman–Crippen MR) is 121 cm³/mol. The number of aliphatic hydroxyl groups is 1. The summed E-state index contributed by atoms with van der Waals surface area (Å²) in [4.78, 5) is 4.58. The molecule has 0 spiro atoms. The zero-order chi connectivity index (χ0) is 21.9. The zero-order valence-corrected chi connectivity index (χ0v) is 18.4. The molecule has 6 rings (SSSR count). The van der Waals surface area contributed by atoms with Crippen molar-refractivity contribution < 1.29 is 14.4 Å². The lowest BCUT2D eigenvalue weighted by Gasteiger charge is -2.35. The van der Waals surface area contributed by atoms with Crippen LogP contribution in [-0.2, 0) is 10.3 Å². The van der Waals surface area contributed by atoms with Gasteiger partial charge >= 0.3 is 0 Å². The second-order valence-corrected chi connectivity index (χ2v) is 9.23. The minimum atomic E-state index is -1.38. The summed E-state index contributed by atoms with van der Waals surface area (Å²) in [5, 5.41) is 23.9. The van der Waals surface area contributed by atoms with E-state index in [4.69, 9.17) is 9.26 Å². The molecule has 3 N–H and O–H groups in total. The second kappa shape index (κ2) is 7.32. The number of nitrogens with zero attached hydrogens (tertiary/aromatic N) is 2. The van der Waals surface area contributed by atoms with E-state index in [-0.39, 0.29) is 12.3 Å². The van der Waals surface area contributed by atoms with Crippen LogP contribution >= 0.6 is 0 Å². The van der Waals surface area contributed by atoms with Gasteiger partial charge in [0.2, 0.25) is 0 Å². The Kier molecular flexibility index (Phi) is 4.52. The number of anilines is 2. The van der Waals surface area contributed by atoms with Gasteiger partial charge in [-0.2, -0.15) is 0 Å². The lowest BCUT2D eigenvalue weighted by Crippen LogP contribution is -2.41. The fourth-order valence-corrected chi connectivity index (χ4v) is 5.25. The Balaban J connectivity index is 1.58. The van der Waals surface area contributed by atoms with Gasteiger partial charge in [0.1, 0.15) is 5.76 Å². The molecule has 1 aliphatic carbocycles. The number of rotatable bonds is 5. The van der Waals surface area contributed by atoms with Gasteiger partial charge in [0.05, 0.1) is 35.0 Å². The van der Waals surface area contributed by atoms with Crippen molar-refractivity contribution in [3.8, 4) is 11.1 Å². The molecule has 1 saturated heterocycles. The highest BCUT2D eigenvalue weighted by atomic mass is 16.5. The van der Waals surface area contributed by atoms with E-state index in [2.05, 4.69) is 32.9 Å². The summed E-state index contributed by atoms with van der Waals surface area (Å²) in [7, 11) is 0. The van der Waals surface area contributed by atoms with Gasteiger partial charge in [-0.25, -0.2) is 0 Å². The third-order valence-corrected chi connectivity index (χ3v) is 7.03. The molecule has 1 aromatic carbocycles. The van der Waals surface area contributed by atoms with Crippen LogP contribution in [0.4, 0.5) is 11.4 Å². The molecular formula is C25H28N4O3. The molecule has 166 valence electrons. The van der Waals surface area contributed by atoms with E-state index in [0.717, 1.165) is 52.4 Å². The molecule has 1 saturated carbocycles. The Labute approximate surface area is 187 Å². The number of benzene rings is 1. The first-order chi connectivity index (χ1) is 15.6. The van der Waals surface area contributed by atoms with Gasteiger partial charge in [0.15, 0.2) is 5.60 Å². The Morgan fingerprint density at radius 2 is 2.00 bits per heavy atom. The van der Waals surface area contributed by atoms with Crippen LogP contribution in [0.25, 0.3) is 11.1 Å². The predicted octanol–water partition coefficient (Wildman–Crippen LogP) is 4.34. The maximum Gasteiger partial charge on any atom is 0.159 e. The number of hydrogen-bond donors (Lipinski definition) is 3. The van der Waals surface area contributed by atoms with Crippen molar-refractivity contribution in [2.24, 2.45) is 5.92 Å². The van der Waals surface area contributed by atoms with E-state index < -0.39 is 5.60 Å². The molecule has 7 heteroatoms. The minimum absolute atomic E-state index is 0.168. The van der Waals surface area contributed by atoms with Gasteiger partial charge < -0.3 is 25.0 Å². The Hall–Kier alpha value is -2.90. The van der Waals surface area contributed by atoms with E-state index in [1.54, 1.807) is 6.20 Å². The lowest BCUT2D eigenvalue weighted by molar-refractivity contribution is -0.0640. The van der Waals surface area contributed by atoms with E-state index in [1.807, 2.05) is 32.0 Å². The third kappa shape index (κ3) is 3.03. The second-order valence-electron chi connectivity index (χ2n) is 9.23. The number of aryl methyl sites for hydroxylation is 2. The van der Waals surface area contributed by atoms with Crippen LogP contribution in [0, 0.1) is 19.8 Å². The van der Waals surface area contributed by atoms with Gasteiger partial charge in [-0.1, -0.05) is 11.2 Å². The molecule has 2 aromatic heterocycles. The van der Waals surface area contributed by atoms with Crippen molar-refractivity contribution in [2.45, 2.75) is 57.4 Å². The molecule has 7 nitrogen and oxygen atoms in total. The Morgan fingerprint density at radius 1 is 1.12 bits per heavy atom. The molecule has 0 amide bonds. The minimum Gasteiger partial charge on any atom is -0.376 e. The number of aromatic nitrogens is 2. The summed E-state index contributed by atoms with van der Waals surface area (Å²) in [6.07, 6.45) is 5.64. The van der Waals surface area contributed by atoms with Crippen molar-refractivity contribution in [1.82, 2.24) is 10.1 Å². The van der Waals surface area contributed by atoms with Crippen molar-refractivity contribution in [1.29, 1.82) is 0 Å². The molecule has 3 aromatic rings. The highest BCUT2D eigenvalue weighted by Gasteiger charge is 2.48. The van der Waals surface area contributed by atoms with Crippen molar-refractivity contribution >= 4 is 11.4 Å². The summed E-state index contributed by atoms with van der Waals surface area (Å²) >= 11 is 0. The fraction of sp³-hybridized carbons (Fsp3) is 0.440. The molecule has 3 unspecified atom stereocenters. The monoisotopic (exact) mass is 432 g/mol. The number of fused-ring (bicyclic) bond motifs is 1. The smallest absolute Gasteiger partial charge is 0.159 e. The first kappa shape index (κ1) is 19.8. The van der Waals surface area contributed by atoms with Gasteiger partial charge in [-0.15, -0.1) is 0 Å². The van der Waals surface area contributed by atoms with Gasteiger partial charge in [-0.3, -0.25) is 4.98 Å². The summed E-state index contributed by atoms with van der Waals surface area (Å²) < 4.78 is 11.5. The summed E-state index contributed by atoms with van der Waals surface area (Å²) in [6, 6.07) is 9.87. The molecule has 3 atom stereocenters. The number of ether oxygens (including phenoxy) is 1. The van der Waals surface area contributed by atoms with Crippen molar-refractivity contribution in [3.05, 3.63) is 59.2 Å². The van der Waals surface area contributed by atoms with Gasteiger partial charge in [0, 0.05) is 23.9 Å². The quantitative estimate of drug-likeness (QED) is 0.552. The number of pyridine rings is 1. The van der Waals surface area contributed by atoms with E-state index in [9.17, 15) is 5.11 Å². The fourth-order valence-electron chi connectivity index (χ4n) is 5.25. The molecular weight excluding hydrogens is 404 g/mol. The topological polar surface area (TPSA) is 92.4 Å². The number of hydrogen-bond acceptors (Lipinski definition) is 7. The van der Waals surface area contributed by atoms with Crippen LogP contribution in [0.5, 0.6) is 0 Å². The van der Waals surface area contributed by atoms with Crippen LogP contribution in [0.15, 0.2) is 41.1 Å². The van der Waals surface area contributed by atoms with E-state index in [0.29, 0.717) is 18.2 Å². The summed E-state index contributed by atoms with van der Waals surface area (Å²) in [5.74, 6) is 1.36. The first-order valence-electron chi connectivity index (χ1n) is 11.5. The highest BCUT2D eigenvalue weighted by Crippen LogP contribution is 2.50. The van der Waals surface area contributed by atoms with Crippen molar-refractivity contribution in [2.75, 3.05) is 17.2 Å². The lowest BCUT2D eigenvalue weighted by atomic mass is 9.80. The van der Waals surface area contributed by atoms with Crippen molar-refractivity contribution in [3.63, 3.8) is 0 Å². The van der Waals surface area contributed by atoms with Crippen LogP contribution in [0.2, 0.25) is 0 Å². The maximum atomic E-state index is 12.4. The molecule has 2 fully saturated rings. The van der Waals surface area contributed by atoms with Crippen LogP contribution < -0.4 is 10.6 Å². The normalized spacial score (nSPS) is 24.0. The largest absolute Gasteiger partial charge is 0.376 e. The molecule has 2 aliphatic heterocycles. The molecule has 0 radical (unpaired) electrons. The van der Waals surface area contributed by atoms with Crippen LogP contribution in [0.1, 0.15) is 48.4 Å². The average molecular weight is 433 g/mol. The summed E-state index contributed by atoms with van der Waals surface area (Å²) in [6.45, 7) is 4.51. The average Bonchev–Trinajstić information content (AvgIpc) is 3.19. The SMILES string of the molecule is Cc1noc(C)c1-c1cc2c(c(C(O)(c3ccccn3)C3CCCO3)c1)NC(C1CC1)N2. The van der Waals surface area contributed by atoms with E-state index >= 15 is 0 Å². The molecule has 0 bridgehead atoms. The van der Waals surface area contributed by atoms with Crippen LogP contribution in [-0.4, -0.2) is 34.1 Å². The van der Waals surface area contributed by atoms with E-state index in [1.165, 1.54) is 12.8 Å². The van der Waals surface area contributed by atoms with Gasteiger partial charge in [0.25, 0.3) is 0 Å². The molecule has 32 heavy (non-hydrogen) atoms. The Bertz CT molecular complexity index is 1130. The van der Waals surface area contributed by atoms with Crippen LogP contribution in [0.3, 0.4) is 0 Å². The Morgan fingerprint density at radius 3 is 2.66 bits per heavy atom. The highest BCUT2D eigenvalue weighted by molar-refractivity contribution is 5.86. The zero-order valence-electron chi connectivity index (χ0n) is 18.4. The first-order valence-corrected chi connectivity index (χ1v) is 11.5. The van der Waals surface area contributed by atoms with Gasteiger partial charge in [-0.05, 0) is 75.3 Å². The third-order valence-electron chi connectivity index (χ3n) is 7.03. The molecule has 3 aliphatic rings. The molecule has 4 heterocycles. The number of nitrogens with one attached hydrogen (secondary N) is 2. The maximum absolute atomic E-state index is 12.4. The summed E-state index contributed by atoms with van der Waals surface area (Å²) in [5.41, 5.74) is 4.67. The standard InChI is InChI=1S/C25H28N4O3/c1-14-22(15(2)32-29-14)17-12-18(23-19(13-17)27-24(28-23)16-8-9-16)25(30,21-7-5-11-31-21)20-6-3-4-10-26-20/h3-4,6,10,12-13,16,21,24,27-28,30H,5,7-9,11H2,1-2H3.